The zero-order valence-corrected chi connectivity index (χ0v) is 5.84. The summed E-state index contributed by atoms with van der Waals surface area (Å²) in [5, 5.41) is 3.32. The second-order valence-electron chi connectivity index (χ2n) is 2.33. The van der Waals surface area contributed by atoms with Gasteiger partial charge in [-0.15, -0.1) is 0 Å². The second-order valence-corrected chi connectivity index (χ2v) is 2.33. The van der Waals surface area contributed by atoms with Crippen LogP contribution in [0.25, 0.3) is 11.0 Å². The first-order chi connectivity index (χ1) is 5.68. The number of fused-ring (bicyclic) bond motifs is 1. The van der Waals surface area contributed by atoms with Crippen molar-refractivity contribution < 1.29 is 13.3 Å². The molecule has 0 saturated carbocycles. The van der Waals surface area contributed by atoms with Crippen LogP contribution >= 0.6 is 0 Å². The molecule has 0 aliphatic heterocycles. The largest absolute Gasteiger partial charge is 0.380 e. The molecule has 12 heavy (non-hydrogen) atoms. The average molecular weight is 170 g/mol. The summed E-state index contributed by atoms with van der Waals surface area (Å²) in [6.45, 7) is 0. The van der Waals surface area contributed by atoms with Gasteiger partial charge in [0.25, 0.3) is 0 Å². The molecule has 2 rings (SSSR count). The number of aromatic nitrogens is 1. The topological polar surface area (TPSA) is 52.0 Å². The molecule has 3 nitrogen and oxygen atoms in total. The van der Waals surface area contributed by atoms with Crippen LogP contribution < -0.4 is 5.73 Å². The highest BCUT2D eigenvalue weighted by Gasteiger charge is 2.11. The monoisotopic (exact) mass is 170 g/mol. The third-order valence-corrected chi connectivity index (χ3v) is 1.52. The lowest BCUT2D eigenvalue weighted by molar-refractivity contribution is 0.458. The lowest BCUT2D eigenvalue weighted by atomic mass is 10.2. The van der Waals surface area contributed by atoms with Gasteiger partial charge < -0.3 is 10.3 Å². The fourth-order valence-electron chi connectivity index (χ4n) is 1.01. The van der Waals surface area contributed by atoms with Crippen LogP contribution in [-0.2, 0) is 0 Å². The van der Waals surface area contributed by atoms with E-state index >= 15 is 0 Å². The molecule has 0 unspecified atom stereocenters. The summed E-state index contributed by atoms with van der Waals surface area (Å²) in [6.07, 6.45) is 0. The van der Waals surface area contributed by atoms with Crippen LogP contribution in [0.15, 0.2) is 16.7 Å². The maximum Gasteiger partial charge on any atom is 0.177 e. The molecular formula is C7H4F2N2O. The number of anilines is 1. The molecule has 0 radical (unpaired) electrons. The summed E-state index contributed by atoms with van der Waals surface area (Å²) in [4.78, 5) is 0. The Balaban J connectivity index is 2.93. The molecule has 62 valence electrons. The molecule has 1 aromatic heterocycles. The van der Waals surface area contributed by atoms with E-state index in [2.05, 4.69) is 9.68 Å². The lowest BCUT2D eigenvalue weighted by Gasteiger charge is -1.90. The van der Waals surface area contributed by atoms with Crippen LogP contribution in [0.3, 0.4) is 0 Å². The van der Waals surface area contributed by atoms with E-state index in [-0.39, 0.29) is 16.8 Å². The van der Waals surface area contributed by atoms with Crippen LogP contribution in [0.1, 0.15) is 0 Å². The molecule has 5 heteroatoms. The van der Waals surface area contributed by atoms with Gasteiger partial charge in [-0.25, -0.2) is 8.78 Å². The standard InChI is InChI=1S/C7H4F2N2O/c8-3-1-4(9)6-5(2-3)12-11-7(6)10/h1-2H,(H2,10,11). The first-order valence-electron chi connectivity index (χ1n) is 3.18. The maximum atomic E-state index is 12.9. The smallest absolute Gasteiger partial charge is 0.177 e. The summed E-state index contributed by atoms with van der Waals surface area (Å²) in [6, 6.07) is 1.76. The summed E-state index contributed by atoms with van der Waals surface area (Å²) in [5.41, 5.74) is 5.28. The van der Waals surface area contributed by atoms with Crippen molar-refractivity contribution in [2.24, 2.45) is 0 Å². The van der Waals surface area contributed by atoms with Crippen molar-refractivity contribution in [1.29, 1.82) is 0 Å². The zero-order chi connectivity index (χ0) is 8.72. The van der Waals surface area contributed by atoms with E-state index in [1.54, 1.807) is 0 Å². The van der Waals surface area contributed by atoms with E-state index in [0.29, 0.717) is 0 Å². The maximum absolute atomic E-state index is 12.9. The minimum absolute atomic E-state index is 0.0185. The minimum atomic E-state index is -0.760. The highest BCUT2D eigenvalue weighted by molar-refractivity contribution is 5.87. The number of nitrogens with two attached hydrogens (primary N) is 1. The Bertz CT molecular complexity index is 438. The van der Waals surface area contributed by atoms with Crippen molar-refractivity contribution in [2.75, 3.05) is 5.73 Å². The number of hydrogen-bond donors (Lipinski definition) is 1. The SMILES string of the molecule is Nc1noc2cc(F)cc(F)c12. The molecule has 0 spiro atoms. The number of halogens is 2. The number of rotatable bonds is 0. The molecule has 0 fully saturated rings. The molecule has 0 amide bonds. The average Bonchev–Trinajstić information content (AvgIpc) is 2.31. The molecule has 1 heterocycles. The highest BCUT2D eigenvalue weighted by atomic mass is 19.1. The van der Waals surface area contributed by atoms with Crippen LogP contribution in [0, 0.1) is 11.6 Å². The van der Waals surface area contributed by atoms with Gasteiger partial charge in [-0.3, -0.25) is 0 Å². The summed E-state index contributed by atoms with van der Waals surface area (Å²) in [7, 11) is 0. The van der Waals surface area contributed by atoms with Crippen LogP contribution in [0.5, 0.6) is 0 Å². The first-order valence-corrected chi connectivity index (χ1v) is 3.18. The second kappa shape index (κ2) is 2.17. The van der Waals surface area contributed by atoms with E-state index in [9.17, 15) is 8.78 Å². The van der Waals surface area contributed by atoms with E-state index in [4.69, 9.17) is 5.73 Å². The summed E-state index contributed by atoms with van der Waals surface area (Å²) >= 11 is 0. The number of nitrogens with zero attached hydrogens (tertiary/aromatic N) is 1. The molecule has 0 aliphatic rings. The molecule has 0 atom stereocenters. The van der Waals surface area contributed by atoms with Crippen LogP contribution in [-0.4, -0.2) is 5.16 Å². The van der Waals surface area contributed by atoms with Gasteiger partial charge in [0.15, 0.2) is 11.4 Å². The predicted molar refractivity (Wildman–Crippen MR) is 38.3 cm³/mol. The van der Waals surface area contributed by atoms with Crippen molar-refractivity contribution in [2.45, 2.75) is 0 Å². The third kappa shape index (κ3) is 0.827. The first kappa shape index (κ1) is 7.02. The Morgan fingerprint density at radius 3 is 2.83 bits per heavy atom. The number of benzene rings is 1. The number of nitrogen functional groups attached to an aromatic ring is 1. The van der Waals surface area contributed by atoms with Gasteiger partial charge in [-0.05, 0) is 0 Å². The predicted octanol–water partition coefficient (Wildman–Crippen LogP) is 1.69. The zero-order valence-electron chi connectivity index (χ0n) is 5.84. The van der Waals surface area contributed by atoms with Gasteiger partial charge in [0.2, 0.25) is 0 Å². The Hall–Kier alpha value is -1.65. The van der Waals surface area contributed by atoms with Gasteiger partial charge in [0.05, 0.1) is 0 Å². The quantitative estimate of drug-likeness (QED) is 0.654. The van der Waals surface area contributed by atoms with Crippen LogP contribution in [0.4, 0.5) is 14.6 Å². The fraction of sp³-hybridized carbons (Fsp3) is 0. The highest BCUT2D eigenvalue weighted by Crippen LogP contribution is 2.24. The Morgan fingerprint density at radius 1 is 1.33 bits per heavy atom. The van der Waals surface area contributed by atoms with E-state index in [1.165, 1.54) is 0 Å². The molecule has 0 bridgehead atoms. The van der Waals surface area contributed by atoms with Gasteiger partial charge in [-0.1, -0.05) is 5.16 Å². The van der Waals surface area contributed by atoms with Gasteiger partial charge in [0, 0.05) is 12.1 Å². The normalized spacial score (nSPS) is 10.8. The van der Waals surface area contributed by atoms with Crippen molar-refractivity contribution in [3.8, 4) is 0 Å². The summed E-state index contributed by atoms with van der Waals surface area (Å²) < 4.78 is 30.0. The molecule has 2 aromatic rings. The molecule has 0 aliphatic carbocycles. The summed E-state index contributed by atoms with van der Waals surface area (Å²) in [5.74, 6) is -1.54. The van der Waals surface area contributed by atoms with Crippen molar-refractivity contribution in [1.82, 2.24) is 5.16 Å². The van der Waals surface area contributed by atoms with Gasteiger partial charge in [0.1, 0.15) is 17.0 Å². The van der Waals surface area contributed by atoms with Gasteiger partial charge in [-0.2, -0.15) is 0 Å². The Labute approximate surface area is 65.7 Å². The van der Waals surface area contributed by atoms with Crippen molar-refractivity contribution >= 4 is 16.8 Å². The van der Waals surface area contributed by atoms with Crippen molar-refractivity contribution in [3.05, 3.63) is 23.8 Å². The third-order valence-electron chi connectivity index (χ3n) is 1.52. The molecule has 0 saturated heterocycles. The molecule has 2 N–H and O–H groups in total. The van der Waals surface area contributed by atoms with Gasteiger partial charge >= 0.3 is 0 Å². The lowest BCUT2D eigenvalue weighted by Crippen LogP contribution is -1.87. The van der Waals surface area contributed by atoms with Crippen molar-refractivity contribution in [3.63, 3.8) is 0 Å². The van der Waals surface area contributed by atoms with Crippen LogP contribution in [0.2, 0.25) is 0 Å². The van der Waals surface area contributed by atoms with E-state index < -0.39 is 11.6 Å². The number of hydrogen-bond acceptors (Lipinski definition) is 3. The fourth-order valence-corrected chi connectivity index (χ4v) is 1.01. The van der Waals surface area contributed by atoms with E-state index in [0.717, 1.165) is 12.1 Å². The van der Waals surface area contributed by atoms with E-state index in [1.807, 2.05) is 0 Å². The molecule has 1 aromatic carbocycles. The Morgan fingerprint density at radius 2 is 2.08 bits per heavy atom. The Kier molecular flexibility index (Phi) is 1.27. The molecular weight excluding hydrogens is 166 g/mol. The minimum Gasteiger partial charge on any atom is -0.380 e.